The normalized spacial score (nSPS) is 18.9. The molecule has 1 heterocycles. The largest absolute Gasteiger partial charge is 0.366 e. The molecular formula is C19H18Cl2N4O. The number of benzene rings is 2. The summed E-state index contributed by atoms with van der Waals surface area (Å²) in [5.74, 6) is 0. The number of halogens is 2. The third kappa shape index (κ3) is 4.36. The summed E-state index contributed by atoms with van der Waals surface area (Å²) in [6.45, 7) is 2.32. The number of aliphatic imine (C=N–C) groups is 2. The Morgan fingerprint density at radius 1 is 1.19 bits per heavy atom. The summed E-state index contributed by atoms with van der Waals surface area (Å²) in [7, 11) is 0. The fourth-order valence-corrected chi connectivity index (χ4v) is 3.08. The molecule has 3 atom stereocenters. The van der Waals surface area contributed by atoms with E-state index in [4.69, 9.17) is 33.5 Å². The van der Waals surface area contributed by atoms with Gasteiger partial charge in [-0.25, -0.2) is 5.53 Å². The summed E-state index contributed by atoms with van der Waals surface area (Å²) < 4.78 is 6.13. The van der Waals surface area contributed by atoms with Gasteiger partial charge in [-0.15, -0.1) is 0 Å². The summed E-state index contributed by atoms with van der Waals surface area (Å²) in [4.78, 5) is 8.69. The van der Waals surface area contributed by atoms with E-state index in [2.05, 4.69) is 15.1 Å². The van der Waals surface area contributed by atoms with Crippen molar-refractivity contribution in [2.75, 3.05) is 6.54 Å². The number of hydrogen-bond donors (Lipinski definition) is 1. The number of nitrogens with zero attached hydrogens (tertiary/aromatic N) is 3. The van der Waals surface area contributed by atoms with Crippen molar-refractivity contribution in [3.8, 4) is 0 Å². The first kappa shape index (κ1) is 18.7. The molecule has 0 fully saturated rings. The van der Waals surface area contributed by atoms with Crippen molar-refractivity contribution in [2.24, 2.45) is 15.1 Å². The third-order valence-corrected chi connectivity index (χ3v) is 4.71. The maximum absolute atomic E-state index is 7.47. The van der Waals surface area contributed by atoms with E-state index in [9.17, 15) is 0 Å². The lowest BCUT2D eigenvalue weighted by molar-refractivity contribution is -0.00228. The van der Waals surface area contributed by atoms with Gasteiger partial charge in [0, 0.05) is 16.8 Å². The molecule has 134 valence electrons. The quantitative estimate of drug-likeness (QED) is 0.508. The molecule has 0 amide bonds. The van der Waals surface area contributed by atoms with Gasteiger partial charge in [0.05, 0.1) is 18.3 Å². The van der Waals surface area contributed by atoms with Crippen LogP contribution < -0.4 is 0 Å². The van der Waals surface area contributed by atoms with Crippen LogP contribution in [0.5, 0.6) is 0 Å². The molecule has 7 heteroatoms. The standard InChI is InChI=1S/C19H18Cl2N4O/c1-12(17(25-22)10-23-14-8-6-13(20)7-9-14)26-18-11-24-19(21)16-5-3-2-4-15(16)18/h2-10,12,17-18,22H,11H2,1H3. The lowest BCUT2D eigenvalue weighted by Crippen LogP contribution is -2.30. The summed E-state index contributed by atoms with van der Waals surface area (Å²) >= 11 is 12.1. The van der Waals surface area contributed by atoms with E-state index < -0.39 is 6.04 Å². The van der Waals surface area contributed by atoms with Gasteiger partial charge in [0.25, 0.3) is 0 Å². The number of hydrogen-bond acceptors (Lipinski definition) is 5. The van der Waals surface area contributed by atoms with Gasteiger partial charge in [0.2, 0.25) is 0 Å². The average Bonchev–Trinajstić information content (AvgIpc) is 2.66. The number of nitrogens with one attached hydrogen (secondary N) is 1. The van der Waals surface area contributed by atoms with Gasteiger partial charge < -0.3 is 4.74 Å². The SMILES string of the molecule is CC(OC1CN=C(Cl)c2ccccc21)C(C=Nc1ccc(Cl)cc1)N=N. The molecule has 3 rings (SSSR count). The maximum atomic E-state index is 7.47. The lowest BCUT2D eigenvalue weighted by atomic mass is 10.00. The molecule has 0 aromatic heterocycles. The Bertz CT molecular complexity index is 836. The molecule has 1 N–H and O–H groups in total. The van der Waals surface area contributed by atoms with Crippen molar-refractivity contribution < 1.29 is 4.74 Å². The number of ether oxygens (including phenoxy) is 1. The Balaban J connectivity index is 1.71. The second-order valence-corrected chi connectivity index (χ2v) is 6.72. The van der Waals surface area contributed by atoms with Crippen LogP contribution in [0.1, 0.15) is 24.2 Å². The van der Waals surface area contributed by atoms with E-state index >= 15 is 0 Å². The van der Waals surface area contributed by atoms with Crippen LogP contribution in [0.15, 0.2) is 63.6 Å². The van der Waals surface area contributed by atoms with Crippen LogP contribution >= 0.6 is 23.2 Å². The molecule has 3 unspecified atom stereocenters. The molecule has 2 aromatic carbocycles. The highest BCUT2D eigenvalue weighted by Crippen LogP contribution is 2.29. The van der Waals surface area contributed by atoms with Gasteiger partial charge in [-0.3, -0.25) is 9.98 Å². The monoisotopic (exact) mass is 388 g/mol. The van der Waals surface area contributed by atoms with Gasteiger partial charge in [0.1, 0.15) is 17.3 Å². The van der Waals surface area contributed by atoms with Crippen LogP contribution in [0.25, 0.3) is 0 Å². The van der Waals surface area contributed by atoms with Gasteiger partial charge in [0.15, 0.2) is 0 Å². The Labute approximate surface area is 162 Å². The molecular weight excluding hydrogens is 371 g/mol. The molecule has 0 saturated heterocycles. The summed E-state index contributed by atoms with van der Waals surface area (Å²) in [6, 6.07) is 14.4. The van der Waals surface area contributed by atoms with E-state index in [-0.39, 0.29) is 12.2 Å². The van der Waals surface area contributed by atoms with Crippen LogP contribution in [0, 0.1) is 5.53 Å². The van der Waals surface area contributed by atoms with Gasteiger partial charge in [-0.05, 0) is 36.8 Å². The zero-order valence-corrected chi connectivity index (χ0v) is 15.7. The van der Waals surface area contributed by atoms with E-state index in [1.807, 2.05) is 31.2 Å². The topological polar surface area (TPSA) is 70.2 Å². The number of fused-ring (bicyclic) bond motifs is 1. The highest BCUT2D eigenvalue weighted by atomic mass is 35.5. The first-order chi connectivity index (χ1) is 12.6. The molecule has 1 aliphatic rings. The van der Waals surface area contributed by atoms with Crippen LogP contribution in [0.2, 0.25) is 5.02 Å². The molecule has 0 bridgehead atoms. The van der Waals surface area contributed by atoms with Crippen LogP contribution in [0.4, 0.5) is 5.69 Å². The van der Waals surface area contributed by atoms with Gasteiger partial charge in [-0.1, -0.05) is 47.5 Å². The highest BCUT2D eigenvalue weighted by molar-refractivity contribution is 6.69. The average molecular weight is 389 g/mol. The molecule has 2 aromatic rings. The van der Waals surface area contributed by atoms with Gasteiger partial charge >= 0.3 is 0 Å². The molecule has 26 heavy (non-hydrogen) atoms. The summed E-state index contributed by atoms with van der Waals surface area (Å²) in [5.41, 5.74) is 10.1. The second-order valence-electron chi connectivity index (χ2n) is 5.92. The Morgan fingerprint density at radius 3 is 2.65 bits per heavy atom. The van der Waals surface area contributed by atoms with Crippen LogP contribution in [-0.2, 0) is 4.74 Å². The van der Waals surface area contributed by atoms with Crippen molar-refractivity contribution in [3.63, 3.8) is 0 Å². The van der Waals surface area contributed by atoms with Crippen molar-refractivity contribution in [1.82, 2.24) is 0 Å². The smallest absolute Gasteiger partial charge is 0.131 e. The van der Waals surface area contributed by atoms with Crippen molar-refractivity contribution in [2.45, 2.75) is 25.2 Å². The number of rotatable bonds is 6. The van der Waals surface area contributed by atoms with Crippen LogP contribution in [0.3, 0.4) is 0 Å². The Kier molecular flexibility index (Phi) is 6.14. The Morgan fingerprint density at radius 2 is 1.92 bits per heavy atom. The zero-order chi connectivity index (χ0) is 18.5. The highest BCUT2D eigenvalue weighted by Gasteiger charge is 2.26. The lowest BCUT2D eigenvalue weighted by Gasteiger charge is -2.27. The van der Waals surface area contributed by atoms with Crippen molar-refractivity contribution in [3.05, 3.63) is 64.7 Å². The molecule has 0 spiro atoms. The first-order valence-electron chi connectivity index (χ1n) is 8.19. The molecule has 5 nitrogen and oxygen atoms in total. The second kappa shape index (κ2) is 8.54. The first-order valence-corrected chi connectivity index (χ1v) is 8.95. The third-order valence-electron chi connectivity index (χ3n) is 4.14. The molecule has 0 saturated carbocycles. The van der Waals surface area contributed by atoms with Gasteiger partial charge in [-0.2, -0.15) is 5.11 Å². The van der Waals surface area contributed by atoms with Crippen LogP contribution in [-0.4, -0.2) is 30.1 Å². The Hall–Kier alpha value is -2.08. The van der Waals surface area contributed by atoms with E-state index in [1.54, 1.807) is 30.5 Å². The minimum Gasteiger partial charge on any atom is -0.366 e. The van der Waals surface area contributed by atoms with E-state index in [0.29, 0.717) is 16.7 Å². The minimum absolute atomic E-state index is 0.225. The van der Waals surface area contributed by atoms with Crippen molar-refractivity contribution in [1.29, 1.82) is 5.53 Å². The molecule has 1 aliphatic heterocycles. The fourth-order valence-electron chi connectivity index (χ4n) is 2.72. The predicted molar refractivity (Wildman–Crippen MR) is 106 cm³/mol. The zero-order valence-electron chi connectivity index (χ0n) is 14.1. The molecule has 0 radical (unpaired) electrons. The summed E-state index contributed by atoms with van der Waals surface area (Å²) in [5, 5.41) is 4.79. The fraction of sp³-hybridized carbons (Fsp3) is 0.263. The predicted octanol–water partition coefficient (Wildman–Crippen LogP) is 5.59. The van der Waals surface area contributed by atoms with E-state index in [1.165, 1.54) is 0 Å². The summed E-state index contributed by atoms with van der Waals surface area (Å²) in [6.07, 6.45) is 1.05. The molecule has 0 aliphatic carbocycles. The van der Waals surface area contributed by atoms with Crippen molar-refractivity contribution >= 4 is 40.3 Å². The minimum atomic E-state index is -0.501. The van der Waals surface area contributed by atoms with E-state index in [0.717, 1.165) is 16.8 Å². The maximum Gasteiger partial charge on any atom is 0.131 e.